The fourth-order valence-electron chi connectivity index (χ4n) is 2.76. The molecule has 0 bridgehead atoms. The summed E-state index contributed by atoms with van der Waals surface area (Å²) < 4.78 is 4.39. The number of aromatic nitrogens is 3. The van der Waals surface area contributed by atoms with Crippen molar-refractivity contribution in [3.05, 3.63) is 21.9 Å². The molecule has 2 aromatic heterocycles. The number of aryl methyl sites for hydroxylation is 2. The van der Waals surface area contributed by atoms with Crippen molar-refractivity contribution in [1.29, 1.82) is 0 Å². The van der Waals surface area contributed by atoms with Gasteiger partial charge in [0.05, 0.1) is 5.01 Å². The summed E-state index contributed by atoms with van der Waals surface area (Å²) in [5, 5.41) is 5.68. The van der Waals surface area contributed by atoms with Crippen LogP contribution in [0.25, 0.3) is 0 Å². The fourth-order valence-corrected chi connectivity index (χ4v) is 4.34. The zero-order chi connectivity index (χ0) is 17.6. The van der Waals surface area contributed by atoms with Gasteiger partial charge in [-0.25, -0.2) is 9.97 Å². The van der Waals surface area contributed by atoms with E-state index >= 15 is 0 Å². The highest BCUT2D eigenvalue weighted by Crippen LogP contribution is 2.19. The summed E-state index contributed by atoms with van der Waals surface area (Å²) in [5.41, 5.74) is 0. The second-order valence-electron chi connectivity index (χ2n) is 5.91. The van der Waals surface area contributed by atoms with Gasteiger partial charge in [-0.2, -0.15) is 4.37 Å². The Kier molecular flexibility index (Phi) is 6.19. The van der Waals surface area contributed by atoms with Crippen LogP contribution in [0.3, 0.4) is 0 Å². The predicted octanol–water partition coefficient (Wildman–Crippen LogP) is 1.81. The Bertz CT molecular complexity index is 701. The van der Waals surface area contributed by atoms with Gasteiger partial charge in [0.15, 0.2) is 5.96 Å². The van der Waals surface area contributed by atoms with Crippen molar-refractivity contribution in [2.24, 2.45) is 4.99 Å². The maximum absolute atomic E-state index is 4.59. The first-order valence-corrected chi connectivity index (χ1v) is 10.2. The zero-order valence-corrected chi connectivity index (χ0v) is 16.7. The van der Waals surface area contributed by atoms with E-state index in [0.717, 1.165) is 62.5 Å². The number of hydrogen-bond donors (Lipinski definition) is 1. The molecule has 0 aliphatic carbocycles. The molecule has 25 heavy (non-hydrogen) atoms. The molecule has 3 heterocycles. The molecule has 1 aliphatic heterocycles. The van der Waals surface area contributed by atoms with E-state index in [-0.39, 0.29) is 0 Å². The highest BCUT2D eigenvalue weighted by atomic mass is 32.1. The van der Waals surface area contributed by atoms with Crippen molar-refractivity contribution in [2.75, 3.05) is 44.7 Å². The van der Waals surface area contributed by atoms with Gasteiger partial charge in [0.1, 0.15) is 5.82 Å². The molecule has 0 spiro atoms. The summed E-state index contributed by atoms with van der Waals surface area (Å²) in [6, 6.07) is 0. The molecule has 0 aromatic carbocycles. The Morgan fingerprint density at radius 3 is 2.72 bits per heavy atom. The molecule has 0 saturated carbocycles. The largest absolute Gasteiger partial charge is 0.356 e. The lowest BCUT2D eigenvalue weighted by Crippen LogP contribution is -2.52. The summed E-state index contributed by atoms with van der Waals surface area (Å²) >= 11 is 3.27. The van der Waals surface area contributed by atoms with Gasteiger partial charge in [0, 0.05) is 75.2 Å². The van der Waals surface area contributed by atoms with Gasteiger partial charge in [-0.15, -0.1) is 11.3 Å². The van der Waals surface area contributed by atoms with Gasteiger partial charge >= 0.3 is 0 Å². The normalized spacial score (nSPS) is 15.7. The minimum atomic E-state index is 0.857. The van der Waals surface area contributed by atoms with Gasteiger partial charge in [-0.3, -0.25) is 4.99 Å². The molecule has 136 valence electrons. The molecule has 1 aliphatic rings. The second-order valence-corrected chi connectivity index (χ2v) is 7.96. The number of nitrogens with one attached hydrogen (secondary N) is 1. The molecule has 2 aromatic rings. The number of rotatable bonds is 5. The average molecular weight is 380 g/mol. The standard InChI is InChI=1S/C16H25N7S2/c1-4-13-20-16(25-21-13)23-9-7-22(8-10-23)15(17-3)18-6-5-14-19-11-12(2)24-14/h11H,4-10H2,1-3H3,(H,17,18). The predicted molar refractivity (Wildman–Crippen MR) is 105 cm³/mol. The Balaban J connectivity index is 1.46. The van der Waals surface area contributed by atoms with Crippen LogP contribution in [0.1, 0.15) is 22.6 Å². The number of anilines is 1. The third kappa shape index (κ3) is 4.66. The lowest BCUT2D eigenvalue weighted by Gasteiger charge is -2.36. The van der Waals surface area contributed by atoms with Crippen LogP contribution in [0.4, 0.5) is 5.13 Å². The SMILES string of the molecule is CCc1nsc(N2CCN(C(=NC)NCCc3ncc(C)s3)CC2)n1. The zero-order valence-electron chi connectivity index (χ0n) is 15.0. The van der Waals surface area contributed by atoms with Crippen molar-refractivity contribution < 1.29 is 0 Å². The molecule has 1 N–H and O–H groups in total. The van der Waals surface area contributed by atoms with Gasteiger partial charge < -0.3 is 15.1 Å². The summed E-state index contributed by atoms with van der Waals surface area (Å²) in [5.74, 6) is 1.91. The Labute approximate surface area is 157 Å². The van der Waals surface area contributed by atoms with Crippen molar-refractivity contribution >= 4 is 34.0 Å². The smallest absolute Gasteiger partial charge is 0.205 e. The van der Waals surface area contributed by atoms with Gasteiger partial charge in [0.25, 0.3) is 0 Å². The Hall–Kier alpha value is -1.74. The molecule has 1 saturated heterocycles. The lowest BCUT2D eigenvalue weighted by atomic mass is 10.3. The quantitative estimate of drug-likeness (QED) is 0.631. The van der Waals surface area contributed by atoms with Gasteiger partial charge in [0.2, 0.25) is 5.13 Å². The van der Waals surface area contributed by atoms with E-state index in [1.165, 1.54) is 21.4 Å². The Morgan fingerprint density at radius 1 is 1.32 bits per heavy atom. The third-order valence-corrected chi connectivity index (χ3v) is 5.91. The minimum absolute atomic E-state index is 0.857. The molecule has 9 heteroatoms. The second kappa shape index (κ2) is 8.57. The van der Waals surface area contributed by atoms with Crippen molar-refractivity contribution in [3.8, 4) is 0 Å². The summed E-state index contributed by atoms with van der Waals surface area (Å²) in [6.07, 6.45) is 3.76. The maximum Gasteiger partial charge on any atom is 0.205 e. The van der Waals surface area contributed by atoms with Crippen LogP contribution >= 0.6 is 22.9 Å². The topological polar surface area (TPSA) is 69.5 Å². The number of piperazine rings is 1. The first kappa shape index (κ1) is 18.1. The van der Waals surface area contributed by atoms with E-state index in [4.69, 9.17) is 0 Å². The van der Waals surface area contributed by atoms with Crippen LogP contribution in [-0.4, -0.2) is 65.0 Å². The van der Waals surface area contributed by atoms with Crippen molar-refractivity contribution in [3.63, 3.8) is 0 Å². The van der Waals surface area contributed by atoms with Crippen LogP contribution in [0, 0.1) is 6.92 Å². The highest BCUT2D eigenvalue weighted by Gasteiger charge is 2.21. The van der Waals surface area contributed by atoms with E-state index in [0.29, 0.717) is 0 Å². The first-order chi connectivity index (χ1) is 12.2. The third-order valence-electron chi connectivity index (χ3n) is 4.13. The molecular formula is C16H25N7S2. The molecular weight excluding hydrogens is 354 g/mol. The number of nitrogens with zero attached hydrogens (tertiary/aromatic N) is 6. The van der Waals surface area contributed by atoms with Crippen molar-refractivity contribution in [1.82, 2.24) is 24.6 Å². The number of hydrogen-bond acceptors (Lipinski definition) is 7. The van der Waals surface area contributed by atoms with Crippen LogP contribution in [0.5, 0.6) is 0 Å². The molecule has 3 rings (SSSR count). The minimum Gasteiger partial charge on any atom is -0.356 e. The van der Waals surface area contributed by atoms with Gasteiger partial charge in [-0.1, -0.05) is 6.92 Å². The summed E-state index contributed by atoms with van der Waals surface area (Å²) in [4.78, 5) is 19.3. The van der Waals surface area contributed by atoms with E-state index in [1.807, 2.05) is 13.2 Å². The average Bonchev–Trinajstić information content (AvgIpc) is 3.28. The van der Waals surface area contributed by atoms with Crippen molar-refractivity contribution in [2.45, 2.75) is 26.7 Å². The van der Waals surface area contributed by atoms with Gasteiger partial charge in [-0.05, 0) is 6.92 Å². The number of guanidine groups is 1. The van der Waals surface area contributed by atoms with Crippen LogP contribution < -0.4 is 10.2 Å². The Morgan fingerprint density at radius 2 is 2.12 bits per heavy atom. The van der Waals surface area contributed by atoms with Crippen LogP contribution in [0.2, 0.25) is 0 Å². The molecule has 1 fully saturated rings. The maximum atomic E-state index is 4.59. The monoisotopic (exact) mass is 379 g/mol. The molecule has 0 unspecified atom stereocenters. The number of aliphatic imine (C=N–C) groups is 1. The summed E-state index contributed by atoms with van der Waals surface area (Å²) in [6.45, 7) is 8.82. The van der Waals surface area contributed by atoms with E-state index in [9.17, 15) is 0 Å². The van der Waals surface area contributed by atoms with E-state index in [2.05, 4.69) is 48.3 Å². The first-order valence-electron chi connectivity index (χ1n) is 8.64. The van der Waals surface area contributed by atoms with Crippen LogP contribution in [-0.2, 0) is 12.8 Å². The van der Waals surface area contributed by atoms with E-state index < -0.39 is 0 Å². The lowest BCUT2D eigenvalue weighted by molar-refractivity contribution is 0.372. The number of thiazole rings is 1. The summed E-state index contributed by atoms with van der Waals surface area (Å²) in [7, 11) is 1.85. The van der Waals surface area contributed by atoms with E-state index in [1.54, 1.807) is 11.3 Å². The molecule has 7 nitrogen and oxygen atoms in total. The fraction of sp³-hybridized carbons (Fsp3) is 0.625. The van der Waals surface area contributed by atoms with Crippen LogP contribution in [0.15, 0.2) is 11.2 Å². The molecule has 0 amide bonds. The molecule has 0 atom stereocenters. The molecule has 0 radical (unpaired) electrons. The highest BCUT2D eigenvalue weighted by molar-refractivity contribution is 7.11.